The van der Waals surface area contributed by atoms with Gasteiger partial charge in [0.2, 0.25) is 0 Å². The van der Waals surface area contributed by atoms with Crippen LogP contribution < -0.4 is 5.32 Å². The SMILES string of the molecule is CC1CNCC(C)N1CCc1ccccc1. The summed E-state index contributed by atoms with van der Waals surface area (Å²) in [6.45, 7) is 8.05. The van der Waals surface area contributed by atoms with Gasteiger partial charge in [-0.15, -0.1) is 0 Å². The van der Waals surface area contributed by atoms with Gasteiger partial charge in [-0.1, -0.05) is 30.3 Å². The van der Waals surface area contributed by atoms with E-state index in [4.69, 9.17) is 0 Å². The van der Waals surface area contributed by atoms with Crippen molar-refractivity contribution in [2.24, 2.45) is 0 Å². The van der Waals surface area contributed by atoms with Gasteiger partial charge in [0, 0.05) is 31.7 Å². The molecule has 2 rings (SSSR count). The van der Waals surface area contributed by atoms with Crippen molar-refractivity contribution in [3.8, 4) is 0 Å². The summed E-state index contributed by atoms with van der Waals surface area (Å²) in [5.41, 5.74) is 1.44. The third-order valence-electron chi connectivity index (χ3n) is 3.51. The minimum absolute atomic E-state index is 0.660. The van der Waals surface area contributed by atoms with Gasteiger partial charge in [-0.2, -0.15) is 0 Å². The first kappa shape index (κ1) is 11.6. The van der Waals surface area contributed by atoms with Gasteiger partial charge < -0.3 is 5.32 Å². The molecule has 1 N–H and O–H groups in total. The van der Waals surface area contributed by atoms with Crippen molar-refractivity contribution in [3.63, 3.8) is 0 Å². The van der Waals surface area contributed by atoms with Gasteiger partial charge >= 0.3 is 0 Å². The molecule has 1 aliphatic rings. The fourth-order valence-electron chi connectivity index (χ4n) is 2.51. The molecular weight excluding hydrogens is 196 g/mol. The van der Waals surface area contributed by atoms with Gasteiger partial charge in [0.15, 0.2) is 0 Å². The molecule has 2 nitrogen and oxygen atoms in total. The minimum Gasteiger partial charge on any atom is -0.314 e. The third kappa shape index (κ3) is 2.83. The molecule has 1 aromatic carbocycles. The Balaban J connectivity index is 1.89. The molecule has 1 saturated heterocycles. The molecule has 1 aromatic rings. The van der Waals surface area contributed by atoms with Crippen LogP contribution in [-0.4, -0.2) is 36.6 Å². The Bertz CT molecular complexity index is 300. The maximum atomic E-state index is 3.47. The molecule has 2 heteroatoms. The molecule has 2 atom stereocenters. The largest absolute Gasteiger partial charge is 0.314 e. The number of hydrogen-bond acceptors (Lipinski definition) is 2. The Kier molecular flexibility index (Phi) is 3.97. The summed E-state index contributed by atoms with van der Waals surface area (Å²) in [6, 6.07) is 12.1. The zero-order chi connectivity index (χ0) is 11.4. The second kappa shape index (κ2) is 5.46. The monoisotopic (exact) mass is 218 g/mol. The Morgan fingerprint density at radius 2 is 1.75 bits per heavy atom. The van der Waals surface area contributed by atoms with Gasteiger partial charge in [-0.3, -0.25) is 4.90 Å². The Morgan fingerprint density at radius 1 is 1.12 bits per heavy atom. The zero-order valence-electron chi connectivity index (χ0n) is 10.3. The normalized spacial score (nSPS) is 26.9. The molecule has 16 heavy (non-hydrogen) atoms. The molecule has 88 valence electrons. The Hall–Kier alpha value is -0.860. The van der Waals surface area contributed by atoms with Gasteiger partial charge in [-0.25, -0.2) is 0 Å². The third-order valence-corrected chi connectivity index (χ3v) is 3.51. The molecule has 2 unspecified atom stereocenters. The molecule has 0 aliphatic carbocycles. The van der Waals surface area contributed by atoms with Crippen molar-refractivity contribution < 1.29 is 0 Å². The summed E-state index contributed by atoms with van der Waals surface area (Å²) >= 11 is 0. The van der Waals surface area contributed by atoms with Crippen molar-refractivity contribution in [1.29, 1.82) is 0 Å². The van der Waals surface area contributed by atoms with Crippen LogP contribution in [0.5, 0.6) is 0 Å². The van der Waals surface area contributed by atoms with Crippen LogP contribution >= 0.6 is 0 Å². The van der Waals surface area contributed by atoms with Gasteiger partial charge in [0.25, 0.3) is 0 Å². The second-order valence-corrected chi connectivity index (χ2v) is 4.83. The van der Waals surface area contributed by atoms with E-state index < -0.39 is 0 Å². The average molecular weight is 218 g/mol. The topological polar surface area (TPSA) is 15.3 Å². The van der Waals surface area contributed by atoms with Crippen LogP contribution in [0.2, 0.25) is 0 Å². The van der Waals surface area contributed by atoms with E-state index in [2.05, 4.69) is 54.4 Å². The van der Waals surface area contributed by atoms with E-state index in [1.165, 1.54) is 12.1 Å². The predicted molar refractivity (Wildman–Crippen MR) is 68.6 cm³/mol. The van der Waals surface area contributed by atoms with Crippen LogP contribution in [-0.2, 0) is 6.42 Å². The number of rotatable bonds is 3. The van der Waals surface area contributed by atoms with Crippen LogP contribution in [0.15, 0.2) is 30.3 Å². The lowest BCUT2D eigenvalue weighted by molar-refractivity contribution is 0.119. The highest BCUT2D eigenvalue weighted by Crippen LogP contribution is 2.11. The molecule has 0 bridgehead atoms. The highest BCUT2D eigenvalue weighted by Gasteiger charge is 2.23. The lowest BCUT2D eigenvalue weighted by atomic mass is 10.1. The van der Waals surface area contributed by atoms with Crippen molar-refractivity contribution in [2.75, 3.05) is 19.6 Å². The van der Waals surface area contributed by atoms with Gasteiger partial charge in [-0.05, 0) is 25.8 Å². The molecule has 0 aromatic heterocycles. The van der Waals surface area contributed by atoms with E-state index in [1.54, 1.807) is 0 Å². The first-order chi connectivity index (χ1) is 7.77. The fourth-order valence-corrected chi connectivity index (χ4v) is 2.51. The van der Waals surface area contributed by atoms with Crippen LogP contribution in [0.4, 0.5) is 0 Å². The summed E-state index contributed by atoms with van der Waals surface area (Å²) in [6.07, 6.45) is 1.16. The molecule has 0 amide bonds. The Labute approximate surface area is 98.7 Å². The number of benzene rings is 1. The van der Waals surface area contributed by atoms with Crippen LogP contribution in [0, 0.1) is 0 Å². The fraction of sp³-hybridized carbons (Fsp3) is 0.571. The molecule has 0 radical (unpaired) electrons. The molecule has 0 saturated carbocycles. The van der Waals surface area contributed by atoms with E-state index in [-0.39, 0.29) is 0 Å². The standard InChI is InChI=1S/C14H22N2/c1-12-10-15-11-13(2)16(12)9-8-14-6-4-3-5-7-14/h3-7,12-13,15H,8-11H2,1-2H3. The predicted octanol–water partition coefficient (Wildman–Crippen LogP) is 1.91. The Morgan fingerprint density at radius 3 is 2.38 bits per heavy atom. The zero-order valence-corrected chi connectivity index (χ0v) is 10.3. The van der Waals surface area contributed by atoms with Gasteiger partial charge in [0.05, 0.1) is 0 Å². The summed E-state index contributed by atoms with van der Waals surface area (Å²) in [5.74, 6) is 0. The van der Waals surface area contributed by atoms with Crippen molar-refractivity contribution in [3.05, 3.63) is 35.9 Å². The van der Waals surface area contributed by atoms with E-state index >= 15 is 0 Å². The summed E-state index contributed by atoms with van der Waals surface area (Å²) in [7, 11) is 0. The number of piperazine rings is 1. The highest BCUT2D eigenvalue weighted by molar-refractivity contribution is 5.15. The smallest absolute Gasteiger partial charge is 0.0195 e. The lowest BCUT2D eigenvalue weighted by Crippen LogP contribution is -2.55. The summed E-state index contributed by atoms with van der Waals surface area (Å²) in [5, 5.41) is 3.47. The number of nitrogens with one attached hydrogen (secondary N) is 1. The van der Waals surface area contributed by atoms with E-state index in [9.17, 15) is 0 Å². The first-order valence-corrected chi connectivity index (χ1v) is 6.28. The van der Waals surface area contributed by atoms with E-state index in [0.717, 1.165) is 19.5 Å². The van der Waals surface area contributed by atoms with Crippen molar-refractivity contribution in [2.45, 2.75) is 32.4 Å². The van der Waals surface area contributed by atoms with Crippen molar-refractivity contribution in [1.82, 2.24) is 10.2 Å². The minimum atomic E-state index is 0.660. The average Bonchev–Trinajstić information content (AvgIpc) is 2.30. The van der Waals surface area contributed by atoms with Crippen molar-refractivity contribution >= 4 is 0 Å². The highest BCUT2D eigenvalue weighted by atomic mass is 15.2. The van der Waals surface area contributed by atoms with Crippen LogP contribution in [0.25, 0.3) is 0 Å². The molecule has 0 spiro atoms. The van der Waals surface area contributed by atoms with Gasteiger partial charge in [0.1, 0.15) is 0 Å². The molecule has 1 fully saturated rings. The molecule has 1 heterocycles. The second-order valence-electron chi connectivity index (χ2n) is 4.83. The maximum Gasteiger partial charge on any atom is 0.0195 e. The number of nitrogens with zero attached hydrogens (tertiary/aromatic N) is 1. The van der Waals surface area contributed by atoms with E-state index in [1.807, 2.05) is 0 Å². The summed E-state index contributed by atoms with van der Waals surface area (Å²) in [4.78, 5) is 2.61. The molecule has 1 aliphatic heterocycles. The van der Waals surface area contributed by atoms with Crippen LogP contribution in [0.3, 0.4) is 0 Å². The quantitative estimate of drug-likeness (QED) is 0.834. The lowest BCUT2D eigenvalue weighted by Gasteiger charge is -2.39. The maximum absolute atomic E-state index is 3.47. The first-order valence-electron chi connectivity index (χ1n) is 6.28. The number of hydrogen-bond donors (Lipinski definition) is 1. The summed E-state index contributed by atoms with van der Waals surface area (Å²) < 4.78 is 0. The van der Waals surface area contributed by atoms with Crippen LogP contribution in [0.1, 0.15) is 19.4 Å². The molecular formula is C14H22N2. The van der Waals surface area contributed by atoms with E-state index in [0.29, 0.717) is 12.1 Å².